The Labute approximate surface area is 169 Å². The number of aromatic nitrogens is 1. The summed E-state index contributed by atoms with van der Waals surface area (Å²) in [6.45, 7) is 5.52. The van der Waals surface area contributed by atoms with Crippen molar-refractivity contribution in [2.75, 3.05) is 32.1 Å². The zero-order chi connectivity index (χ0) is 21.0. The molecule has 0 radical (unpaired) electrons. The molecule has 1 aromatic heterocycles. The number of benzene rings is 1. The van der Waals surface area contributed by atoms with Gasteiger partial charge < -0.3 is 19.5 Å². The first kappa shape index (κ1) is 19.9. The van der Waals surface area contributed by atoms with E-state index >= 15 is 4.39 Å². The van der Waals surface area contributed by atoms with Gasteiger partial charge in [0.2, 0.25) is 5.43 Å². The Hall–Kier alpha value is -2.41. The normalized spacial score (nSPS) is 22.5. The van der Waals surface area contributed by atoms with Crippen molar-refractivity contribution in [1.29, 1.82) is 0 Å². The van der Waals surface area contributed by atoms with Crippen molar-refractivity contribution in [3.63, 3.8) is 0 Å². The highest BCUT2D eigenvalue weighted by Gasteiger charge is 2.32. The lowest BCUT2D eigenvalue weighted by atomic mass is 9.92. The number of carboxylic acid groups (broad SMARTS) is 1. The van der Waals surface area contributed by atoms with Crippen molar-refractivity contribution >= 4 is 22.6 Å². The van der Waals surface area contributed by atoms with Gasteiger partial charge in [-0.15, -0.1) is 0 Å². The van der Waals surface area contributed by atoms with E-state index in [9.17, 15) is 14.7 Å². The van der Waals surface area contributed by atoms with Crippen molar-refractivity contribution in [2.45, 2.75) is 45.2 Å². The molecule has 2 heterocycles. The molecular formula is C22H28FN3O3. The summed E-state index contributed by atoms with van der Waals surface area (Å²) in [5.74, 6) is -1.34. The summed E-state index contributed by atoms with van der Waals surface area (Å²) >= 11 is 0. The topological polar surface area (TPSA) is 65.8 Å². The molecule has 1 saturated heterocycles. The van der Waals surface area contributed by atoms with Crippen molar-refractivity contribution in [3.8, 4) is 0 Å². The first-order chi connectivity index (χ1) is 13.7. The van der Waals surface area contributed by atoms with Gasteiger partial charge in [-0.2, -0.15) is 0 Å². The SMILES string of the molecule is Cc1c(N2CCC(N(C)C)C(C)C2)c(F)cc2c(=O)c(C(=O)O)cn(C3CC3)c12. The largest absolute Gasteiger partial charge is 0.477 e. The fraction of sp³-hybridized carbons (Fsp3) is 0.545. The Morgan fingerprint density at radius 3 is 2.52 bits per heavy atom. The lowest BCUT2D eigenvalue weighted by Crippen LogP contribution is -2.48. The number of carbonyl (C=O) groups is 1. The summed E-state index contributed by atoms with van der Waals surface area (Å²) in [4.78, 5) is 28.6. The molecular weight excluding hydrogens is 373 g/mol. The maximum Gasteiger partial charge on any atom is 0.341 e. The van der Waals surface area contributed by atoms with E-state index in [1.165, 1.54) is 12.3 Å². The molecule has 7 heteroatoms. The molecule has 2 aromatic rings. The third-order valence-electron chi connectivity index (χ3n) is 6.49. The maximum atomic E-state index is 15.3. The Morgan fingerprint density at radius 1 is 1.28 bits per heavy atom. The van der Waals surface area contributed by atoms with E-state index in [4.69, 9.17) is 0 Å². The Bertz CT molecular complexity index is 1040. The second-order valence-corrected chi connectivity index (χ2v) is 8.79. The van der Waals surface area contributed by atoms with Crippen molar-refractivity contribution in [1.82, 2.24) is 9.47 Å². The van der Waals surface area contributed by atoms with Crippen LogP contribution in [-0.2, 0) is 0 Å². The zero-order valence-electron chi connectivity index (χ0n) is 17.4. The van der Waals surface area contributed by atoms with Gasteiger partial charge in [-0.25, -0.2) is 9.18 Å². The van der Waals surface area contributed by atoms with Gasteiger partial charge in [0.25, 0.3) is 0 Å². The monoisotopic (exact) mass is 401 g/mol. The Morgan fingerprint density at radius 2 is 1.97 bits per heavy atom. The van der Waals surface area contributed by atoms with Crippen LogP contribution in [0.2, 0.25) is 0 Å². The van der Waals surface area contributed by atoms with Crippen LogP contribution in [0.4, 0.5) is 10.1 Å². The molecule has 2 unspecified atom stereocenters. The lowest BCUT2D eigenvalue weighted by Gasteiger charge is -2.41. The lowest BCUT2D eigenvalue weighted by molar-refractivity contribution is 0.0695. The number of anilines is 1. The average molecular weight is 401 g/mol. The molecule has 1 aromatic carbocycles. The van der Waals surface area contributed by atoms with Gasteiger partial charge in [0.1, 0.15) is 11.4 Å². The number of halogens is 1. The third-order valence-corrected chi connectivity index (χ3v) is 6.49. The number of hydrogen-bond acceptors (Lipinski definition) is 4. The molecule has 1 aliphatic heterocycles. The number of carboxylic acids is 1. The molecule has 0 spiro atoms. The van der Waals surface area contributed by atoms with Gasteiger partial charge in [0.15, 0.2) is 0 Å². The van der Waals surface area contributed by atoms with E-state index < -0.39 is 17.2 Å². The minimum absolute atomic E-state index is 0.159. The van der Waals surface area contributed by atoms with E-state index in [1.807, 2.05) is 11.5 Å². The van der Waals surface area contributed by atoms with Gasteiger partial charge in [-0.3, -0.25) is 4.79 Å². The number of fused-ring (bicyclic) bond motifs is 1. The highest BCUT2D eigenvalue weighted by Crippen LogP contribution is 2.40. The minimum Gasteiger partial charge on any atom is -0.477 e. The molecule has 1 N–H and O–H groups in total. The van der Waals surface area contributed by atoms with Gasteiger partial charge >= 0.3 is 5.97 Å². The standard InChI is InChI=1S/C22H28FN3O3/c1-12-10-25(8-7-18(12)24(3)4)20-13(2)19-15(9-17(20)23)21(27)16(22(28)29)11-26(19)14-5-6-14/h9,11-12,14,18H,5-8,10H2,1-4H3,(H,28,29). The molecule has 0 amide bonds. The van der Waals surface area contributed by atoms with E-state index in [0.29, 0.717) is 23.2 Å². The van der Waals surface area contributed by atoms with E-state index in [2.05, 4.69) is 30.8 Å². The molecule has 6 nitrogen and oxygen atoms in total. The van der Waals surface area contributed by atoms with E-state index in [-0.39, 0.29) is 17.0 Å². The maximum absolute atomic E-state index is 15.3. The third kappa shape index (κ3) is 3.31. The quantitative estimate of drug-likeness (QED) is 0.852. The van der Waals surface area contributed by atoms with E-state index in [1.54, 1.807) is 0 Å². The predicted octanol–water partition coefficient (Wildman–Crippen LogP) is 3.26. The van der Waals surface area contributed by atoms with Gasteiger partial charge in [-0.1, -0.05) is 6.92 Å². The Balaban J connectivity index is 1.87. The van der Waals surface area contributed by atoms with Crippen LogP contribution in [-0.4, -0.2) is 53.8 Å². The predicted molar refractivity (Wildman–Crippen MR) is 112 cm³/mol. The number of aromatic carboxylic acids is 1. The highest BCUT2D eigenvalue weighted by molar-refractivity contribution is 5.95. The summed E-state index contributed by atoms with van der Waals surface area (Å²) in [6, 6.07) is 1.87. The van der Waals surface area contributed by atoms with Crippen LogP contribution in [0.15, 0.2) is 17.1 Å². The molecule has 29 heavy (non-hydrogen) atoms. The molecule has 1 saturated carbocycles. The summed E-state index contributed by atoms with van der Waals surface area (Å²) in [5, 5.41) is 9.59. The number of hydrogen-bond donors (Lipinski definition) is 1. The van der Waals surface area contributed by atoms with Crippen molar-refractivity contribution < 1.29 is 14.3 Å². The fourth-order valence-electron chi connectivity index (χ4n) is 4.95. The molecule has 2 atom stereocenters. The van der Waals surface area contributed by atoms with Crippen LogP contribution in [0.25, 0.3) is 10.9 Å². The van der Waals surface area contributed by atoms with Gasteiger partial charge in [0, 0.05) is 36.8 Å². The number of nitrogens with zero attached hydrogens (tertiary/aromatic N) is 3. The second-order valence-electron chi connectivity index (χ2n) is 8.79. The Kier molecular flexibility index (Phi) is 4.89. The van der Waals surface area contributed by atoms with Crippen LogP contribution in [0.5, 0.6) is 0 Å². The first-order valence-corrected chi connectivity index (χ1v) is 10.2. The number of piperidine rings is 1. The minimum atomic E-state index is -1.27. The summed E-state index contributed by atoms with van der Waals surface area (Å²) in [6.07, 6.45) is 4.27. The van der Waals surface area contributed by atoms with Crippen LogP contribution in [0, 0.1) is 18.7 Å². The van der Waals surface area contributed by atoms with Crippen LogP contribution < -0.4 is 10.3 Å². The van der Waals surface area contributed by atoms with Crippen LogP contribution >= 0.6 is 0 Å². The first-order valence-electron chi connectivity index (χ1n) is 10.2. The van der Waals surface area contributed by atoms with Crippen LogP contribution in [0.3, 0.4) is 0 Å². The van der Waals surface area contributed by atoms with Crippen molar-refractivity contribution in [3.05, 3.63) is 39.4 Å². The fourth-order valence-corrected chi connectivity index (χ4v) is 4.95. The van der Waals surface area contributed by atoms with Gasteiger partial charge in [-0.05, 0) is 57.8 Å². The van der Waals surface area contributed by atoms with E-state index in [0.717, 1.165) is 37.9 Å². The van der Waals surface area contributed by atoms with Crippen molar-refractivity contribution in [2.24, 2.45) is 5.92 Å². The number of aryl methyl sites for hydroxylation is 1. The average Bonchev–Trinajstić information content (AvgIpc) is 3.47. The summed E-state index contributed by atoms with van der Waals surface area (Å²) in [5.41, 5.74) is 1.02. The molecule has 2 aliphatic rings. The molecule has 1 aliphatic carbocycles. The second kappa shape index (κ2) is 7.13. The zero-order valence-corrected chi connectivity index (χ0v) is 17.4. The summed E-state index contributed by atoms with van der Waals surface area (Å²) < 4.78 is 17.1. The number of pyridine rings is 1. The summed E-state index contributed by atoms with van der Waals surface area (Å²) in [7, 11) is 4.15. The van der Waals surface area contributed by atoms with Crippen LogP contribution in [0.1, 0.15) is 48.1 Å². The van der Waals surface area contributed by atoms with Gasteiger partial charge in [0.05, 0.1) is 11.2 Å². The molecule has 156 valence electrons. The molecule has 0 bridgehead atoms. The highest BCUT2D eigenvalue weighted by atomic mass is 19.1. The smallest absolute Gasteiger partial charge is 0.341 e. The molecule has 2 fully saturated rings. The number of rotatable bonds is 4. The molecule has 4 rings (SSSR count).